The molecule has 0 aliphatic rings. The first-order valence-corrected chi connectivity index (χ1v) is 7.39. The molecule has 2 nitrogen and oxygen atoms in total. The number of fused-ring (bicyclic) bond motifs is 1. The fourth-order valence-electron chi connectivity index (χ4n) is 2.65. The number of benzene rings is 2. The normalized spacial score (nSPS) is 12.8. The number of allylic oxidation sites excluding steroid dienone is 1. The van der Waals surface area contributed by atoms with E-state index < -0.39 is 17.6 Å². The maximum Gasteiger partial charge on any atom is 0.417 e. The highest BCUT2D eigenvalue weighted by atomic mass is 19.4. The van der Waals surface area contributed by atoms with E-state index in [2.05, 4.69) is 10.2 Å². The van der Waals surface area contributed by atoms with Crippen molar-refractivity contribution in [3.8, 4) is 0 Å². The van der Waals surface area contributed by atoms with E-state index >= 15 is 0 Å². The zero-order valence-electron chi connectivity index (χ0n) is 12.8. The van der Waals surface area contributed by atoms with Gasteiger partial charge in [-0.1, -0.05) is 25.1 Å². The lowest BCUT2D eigenvalue weighted by molar-refractivity contribution is -0.138. The van der Waals surface area contributed by atoms with Crippen molar-refractivity contribution in [3.63, 3.8) is 0 Å². The zero-order valence-corrected chi connectivity index (χ0v) is 12.8. The van der Waals surface area contributed by atoms with E-state index in [4.69, 9.17) is 0 Å². The van der Waals surface area contributed by atoms with Crippen molar-refractivity contribution in [2.45, 2.75) is 19.5 Å². The first kappa shape index (κ1) is 16.2. The summed E-state index contributed by atoms with van der Waals surface area (Å²) in [6, 6.07) is 8.23. The maximum atomic E-state index is 13.3. The van der Waals surface area contributed by atoms with Crippen LogP contribution in [0.4, 0.5) is 17.6 Å². The minimum atomic E-state index is -4.61. The van der Waals surface area contributed by atoms with Gasteiger partial charge in [0.05, 0.1) is 17.3 Å². The Balaban J connectivity index is 2.11. The van der Waals surface area contributed by atoms with E-state index in [0.29, 0.717) is 18.1 Å². The molecule has 0 spiro atoms. The van der Waals surface area contributed by atoms with Crippen LogP contribution in [0.5, 0.6) is 0 Å². The number of nitrogens with zero attached hydrogens (tertiary/aromatic N) is 1. The van der Waals surface area contributed by atoms with Crippen molar-refractivity contribution in [1.29, 1.82) is 0 Å². The van der Waals surface area contributed by atoms with E-state index in [1.807, 2.05) is 12.1 Å². The molecular formula is C18H14F4N2. The van der Waals surface area contributed by atoms with Crippen LogP contribution in [0.1, 0.15) is 30.0 Å². The Morgan fingerprint density at radius 1 is 1.17 bits per heavy atom. The molecule has 3 rings (SSSR count). The summed E-state index contributed by atoms with van der Waals surface area (Å²) in [4.78, 5) is 0. The molecule has 6 heteroatoms. The lowest BCUT2D eigenvalue weighted by atomic mass is 9.95. The predicted molar refractivity (Wildman–Crippen MR) is 85.7 cm³/mol. The van der Waals surface area contributed by atoms with Crippen molar-refractivity contribution in [2.24, 2.45) is 0 Å². The van der Waals surface area contributed by atoms with Gasteiger partial charge in [-0.2, -0.15) is 18.3 Å². The van der Waals surface area contributed by atoms with Gasteiger partial charge < -0.3 is 0 Å². The molecule has 0 fully saturated rings. The first-order chi connectivity index (χ1) is 11.4. The molecule has 0 aliphatic heterocycles. The summed E-state index contributed by atoms with van der Waals surface area (Å²) in [7, 11) is 0. The quantitative estimate of drug-likeness (QED) is 0.485. The smallest absolute Gasteiger partial charge is 0.278 e. The SMILES string of the molecule is CC/C(=C\c1ccc2[nH]ncc2c1)c1ccc(F)cc1C(F)(F)F. The van der Waals surface area contributed by atoms with Gasteiger partial charge in [0.25, 0.3) is 0 Å². The standard InChI is InChI=1S/C18H14F4N2/c1-2-12(7-11-3-6-17-13(8-11)10-23-24-17)15-5-4-14(19)9-16(15)18(20,21)22/h3-10H,2H2,1H3,(H,23,24)/b12-7+. The predicted octanol–water partition coefficient (Wildman–Crippen LogP) is 5.67. The van der Waals surface area contributed by atoms with E-state index in [1.54, 1.807) is 25.3 Å². The molecule has 124 valence electrons. The van der Waals surface area contributed by atoms with Crippen molar-refractivity contribution >= 4 is 22.6 Å². The number of H-pyrrole nitrogens is 1. The number of halogens is 4. The topological polar surface area (TPSA) is 28.7 Å². The Kier molecular flexibility index (Phi) is 4.13. The van der Waals surface area contributed by atoms with Crippen molar-refractivity contribution in [3.05, 3.63) is 65.1 Å². The van der Waals surface area contributed by atoms with Crippen LogP contribution >= 0.6 is 0 Å². The highest BCUT2D eigenvalue weighted by Crippen LogP contribution is 2.37. The summed E-state index contributed by atoms with van der Waals surface area (Å²) < 4.78 is 53.0. The third-order valence-corrected chi connectivity index (χ3v) is 3.82. The average Bonchev–Trinajstić information content (AvgIpc) is 2.99. The lowest BCUT2D eigenvalue weighted by Gasteiger charge is -2.15. The van der Waals surface area contributed by atoms with Crippen LogP contribution in [0.15, 0.2) is 42.6 Å². The molecule has 24 heavy (non-hydrogen) atoms. The van der Waals surface area contributed by atoms with Gasteiger partial charge in [0, 0.05) is 5.39 Å². The van der Waals surface area contributed by atoms with Gasteiger partial charge in [0.2, 0.25) is 0 Å². The Bertz CT molecular complexity index is 907. The third kappa shape index (κ3) is 3.18. The number of hydrogen-bond acceptors (Lipinski definition) is 1. The zero-order chi connectivity index (χ0) is 17.3. The van der Waals surface area contributed by atoms with Crippen LogP contribution < -0.4 is 0 Å². The molecule has 0 atom stereocenters. The van der Waals surface area contributed by atoms with Crippen LogP contribution in [0.25, 0.3) is 22.6 Å². The first-order valence-electron chi connectivity index (χ1n) is 7.39. The van der Waals surface area contributed by atoms with Gasteiger partial charge in [-0.3, -0.25) is 5.10 Å². The highest BCUT2D eigenvalue weighted by Gasteiger charge is 2.34. The summed E-state index contributed by atoms with van der Waals surface area (Å²) in [6.07, 6.45) is -0.884. The Morgan fingerprint density at radius 2 is 1.96 bits per heavy atom. The Morgan fingerprint density at radius 3 is 2.67 bits per heavy atom. The van der Waals surface area contributed by atoms with Gasteiger partial charge in [-0.25, -0.2) is 4.39 Å². The number of alkyl halides is 3. The van der Waals surface area contributed by atoms with Gasteiger partial charge in [-0.15, -0.1) is 0 Å². The number of hydrogen-bond donors (Lipinski definition) is 1. The van der Waals surface area contributed by atoms with E-state index in [0.717, 1.165) is 22.5 Å². The van der Waals surface area contributed by atoms with Crippen molar-refractivity contribution in [1.82, 2.24) is 10.2 Å². The largest absolute Gasteiger partial charge is 0.417 e. The van der Waals surface area contributed by atoms with Crippen LogP contribution in [-0.2, 0) is 6.18 Å². The molecule has 2 aromatic carbocycles. The molecule has 0 unspecified atom stereocenters. The van der Waals surface area contributed by atoms with E-state index in [9.17, 15) is 17.6 Å². The van der Waals surface area contributed by atoms with Gasteiger partial charge >= 0.3 is 6.18 Å². The van der Waals surface area contributed by atoms with Gasteiger partial charge in [0.15, 0.2) is 0 Å². The van der Waals surface area contributed by atoms with Crippen LogP contribution in [0, 0.1) is 5.82 Å². The molecular weight excluding hydrogens is 320 g/mol. The highest BCUT2D eigenvalue weighted by molar-refractivity contribution is 5.87. The monoisotopic (exact) mass is 334 g/mol. The number of nitrogens with one attached hydrogen (secondary N) is 1. The Labute approximate surface area is 135 Å². The lowest BCUT2D eigenvalue weighted by Crippen LogP contribution is -2.09. The number of aromatic nitrogens is 2. The van der Waals surface area contributed by atoms with E-state index in [-0.39, 0.29) is 5.56 Å². The van der Waals surface area contributed by atoms with Crippen molar-refractivity contribution in [2.75, 3.05) is 0 Å². The summed E-state index contributed by atoms with van der Waals surface area (Å²) in [5, 5.41) is 7.61. The second-order valence-electron chi connectivity index (χ2n) is 5.43. The molecule has 1 N–H and O–H groups in total. The summed E-state index contributed by atoms with van der Waals surface area (Å²) in [6.45, 7) is 1.77. The summed E-state index contributed by atoms with van der Waals surface area (Å²) >= 11 is 0. The fourth-order valence-corrected chi connectivity index (χ4v) is 2.65. The molecule has 0 bridgehead atoms. The van der Waals surface area contributed by atoms with E-state index in [1.165, 1.54) is 6.07 Å². The molecule has 3 aromatic rings. The number of aromatic amines is 1. The summed E-state index contributed by atoms with van der Waals surface area (Å²) in [5.41, 5.74) is 1.14. The van der Waals surface area contributed by atoms with Crippen LogP contribution in [0.2, 0.25) is 0 Å². The fraction of sp³-hybridized carbons (Fsp3) is 0.167. The van der Waals surface area contributed by atoms with Gasteiger partial charge in [-0.05, 0) is 47.4 Å². The minimum Gasteiger partial charge on any atom is -0.278 e. The van der Waals surface area contributed by atoms with Crippen LogP contribution in [-0.4, -0.2) is 10.2 Å². The third-order valence-electron chi connectivity index (χ3n) is 3.82. The van der Waals surface area contributed by atoms with Gasteiger partial charge in [0.1, 0.15) is 5.82 Å². The maximum absolute atomic E-state index is 13.3. The second-order valence-corrected chi connectivity index (χ2v) is 5.43. The number of rotatable bonds is 3. The second kappa shape index (κ2) is 6.11. The molecule has 0 aliphatic carbocycles. The molecule has 1 heterocycles. The van der Waals surface area contributed by atoms with Crippen LogP contribution in [0.3, 0.4) is 0 Å². The molecule has 0 radical (unpaired) electrons. The molecule has 0 saturated carbocycles. The summed E-state index contributed by atoms with van der Waals surface area (Å²) in [5.74, 6) is -0.902. The molecule has 1 aromatic heterocycles. The van der Waals surface area contributed by atoms with Crippen molar-refractivity contribution < 1.29 is 17.6 Å². The molecule has 0 amide bonds. The Hall–Kier alpha value is -2.63. The minimum absolute atomic E-state index is 0.00121. The molecule has 0 saturated heterocycles. The average molecular weight is 334 g/mol.